The maximum absolute atomic E-state index is 13.5. The Morgan fingerprint density at radius 1 is 0.560 bits per heavy atom. The molecule has 0 radical (unpaired) electrons. The Bertz CT molecular complexity index is 408. The Balaban J connectivity index is 5.54. The van der Waals surface area contributed by atoms with E-state index in [2.05, 4.69) is 0 Å². The summed E-state index contributed by atoms with van der Waals surface area (Å²) in [5.41, 5.74) is 4.79. The maximum atomic E-state index is 13.5. The molecule has 0 atom stereocenters. The standard InChI is InChI=1S/C14H21F10N/c1-2-3-4-5-7-10(15,16)12(19,20)14(23,24)13(21,22)11(17,18)8-6-9-25/h2-9,25H2,1H3. The smallest absolute Gasteiger partial charge is 0.330 e. The van der Waals surface area contributed by atoms with Crippen molar-refractivity contribution in [3.63, 3.8) is 0 Å². The van der Waals surface area contributed by atoms with Gasteiger partial charge in [0.05, 0.1) is 0 Å². The third kappa shape index (κ3) is 4.71. The monoisotopic (exact) mass is 393 g/mol. The zero-order chi connectivity index (χ0) is 20.2. The Labute approximate surface area is 138 Å². The number of hydrogen-bond donors (Lipinski definition) is 1. The molecule has 0 aliphatic heterocycles. The summed E-state index contributed by atoms with van der Waals surface area (Å²) in [6.45, 7) is 1.06. The van der Waals surface area contributed by atoms with E-state index in [-0.39, 0.29) is 6.42 Å². The Morgan fingerprint density at radius 3 is 1.32 bits per heavy atom. The van der Waals surface area contributed by atoms with Gasteiger partial charge >= 0.3 is 29.6 Å². The van der Waals surface area contributed by atoms with E-state index in [1.54, 1.807) is 6.92 Å². The highest BCUT2D eigenvalue weighted by molar-refractivity contribution is 5.08. The van der Waals surface area contributed by atoms with Crippen molar-refractivity contribution in [1.82, 2.24) is 0 Å². The summed E-state index contributed by atoms with van der Waals surface area (Å²) in [4.78, 5) is 0. The second-order valence-corrected chi connectivity index (χ2v) is 5.83. The molecule has 0 spiro atoms. The molecule has 0 rings (SSSR count). The van der Waals surface area contributed by atoms with E-state index in [4.69, 9.17) is 5.73 Å². The fourth-order valence-electron chi connectivity index (χ4n) is 2.07. The molecule has 0 bridgehead atoms. The van der Waals surface area contributed by atoms with Gasteiger partial charge < -0.3 is 5.73 Å². The molecule has 1 nitrogen and oxygen atoms in total. The van der Waals surface area contributed by atoms with E-state index in [9.17, 15) is 43.9 Å². The number of rotatable bonds is 12. The van der Waals surface area contributed by atoms with Gasteiger partial charge in [-0.2, -0.15) is 43.9 Å². The van der Waals surface area contributed by atoms with Crippen LogP contribution in [0.25, 0.3) is 0 Å². The molecule has 0 heterocycles. The summed E-state index contributed by atoms with van der Waals surface area (Å²) in [5, 5.41) is 0. The molecule has 0 aliphatic carbocycles. The van der Waals surface area contributed by atoms with Crippen molar-refractivity contribution in [3.8, 4) is 0 Å². The third-order valence-electron chi connectivity index (χ3n) is 3.75. The summed E-state index contributed by atoms with van der Waals surface area (Å²) >= 11 is 0. The van der Waals surface area contributed by atoms with Crippen LogP contribution in [0, 0.1) is 0 Å². The Hall–Kier alpha value is -0.740. The topological polar surface area (TPSA) is 26.0 Å². The lowest BCUT2D eigenvalue weighted by molar-refractivity contribution is -0.402. The van der Waals surface area contributed by atoms with E-state index in [1.165, 1.54) is 0 Å². The van der Waals surface area contributed by atoms with Gasteiger partial charge in [0, 0.05) is 12.8 Å². The van der Waals surface area contributed by atoms with Crippen LogP contribution >= 0.6 is 0 Å². The first kappa shape index (κ1) is 24.3. The van der Waals surface area contributed by atoms with Gasteiger partial charge in [-0.25, -0.2) is 0 Å². The SMILES string of the molecule is CCCCCCC(F)(F)C(F)(F)C(F)(F)C(F)(F)C(F)(F)CCCN. The molecule has 0 aromatic carbocycles. The first-order valence-corrected chi connectivity index (χ1v) is 7.71. The van der Waals surface area contributed by atoms with Crippen LogP contribution < -0.4 is 5.73 Å². The lowest BCUT2D eigenvalue weighted by Gasteiger charge is -2.39. The van der Waals surface area contributed by atoms with Crippen molar-refractivity contribution in [2.45, 2.75) is 81.5 Å². The summed E-state index contributed by atoms with van der Waals surface area (Å²) < 4.78 is 134. The van der Waals surface area contributed by atoms with Crippen LogP contribution in [0.5, 0.6) is 0 Å². The van der Waals surface area contributed by atoms with Gasteiger partial charge in [-0.1, -0.05) is 26.2 Å². The van der Waals surface area contributed by atoms with Crippen LogP contribution in [-0.2, 0) is 0 Å². The highest BCUT2D eigenvalue weighted by Gasteiger charge is 2.85. The van der Waals surface area contributed by atoms with E-state index >= 15 is 0 Å². The van der Waals surface area contributed by atoms with Crippen LogP contribution in [-0.4, -0.2) is 36.2 Å². The van der Waals surface area contributed by atoms with Crippen LogP contribution in [0.2, 0.25) is 0 Å². The predicted molar refractivity (Wildman–Crippen MR) is 71.8 cm³/mol. The lowest BCUT2D eigenvalue weighted by Crippen LogP contribution is -2.67. The van der Waals surface area contributed by atoms with Crippen LogP contribution in [0.15, 0.2) is 0 Å². The second kappa shape index (κ2) is 8.30. The maximum Gasteiger partial charge on any atom is 0.384 e. The molecule has 25 heavy (non-hydrogen) atoms. The molecular weight excluding hydrogens is 372 g/mol. The summed E-state index contributed by atoms with van der Waals surface area (Å²) in [6.07, 6.45) is -4.44. The predicted octanol–water partition coefficient (Wildman–Crippen LogP) is 5.87. The van der Waals surface area contributed by atoms with Gasteiger partial charge in [0.25, 0.3) is 0 Å². The molecule has 2 N–H and O–H groups in total. The van der Waals surface area contributed by atoms with Gasteiger partial charge in [0.1, 0.15) is 0 Å². The molecule has 0 aliphatic rings. The number of nitrogens with two attached hydrogens (primary N) is 1. The summed E-state index contributed by atoms with van der Waals surface area (Å²) in [6, 6.07) is 0. The number of unbranched alkanes of at least 4 members (excludes halogenated alkanes) is 3. The quantitative estimate of drug-likeness (QED) is 0.326. The van der Waals surface area contributed by atoms with E-state index < -0.39 is 61.8 Å². The summed E-state index contributed by atoms with van der Waals surface area (Å²) in [5.74, 6) is -31.5. The molecule has 0 saturated heterocycles. The van der Waals surface area contributed by atoms with Gasteiger partial charge in [-0.3, -0.25) is 0 Å². The molecule has 0 fully saturated rings. The first-order valence-electron chi connectivity index (χ1n) is 7.71. The Morgan fingerprint density at radius 2 is 0.960 bits per heavy atom. The molecule has 0 unspecified atom stereocenters. The minimum absolute atomic E-state index is 0.0171. The van der Waals surface area contributed by atoms with Gasteiger partial charge in [-0.05, 0) is 19.4 Å². The second-order valence-electron chi connectivity index (χ2n) is 5.83. The van der Waals surface area contributed by atoms with Crippen molar-refractivity contribution in [2.75, 3.05) is 6.54 Å². The minimum Gasteiger partial charge on any atom is -0.330 e. The van der Waals surface area contributed by atoms with Crippen LogP contribution in [0.1, 0.15) is 51.9 Å². The zero-order valence-corrected chi connectivity index (χ0v) is 13.5. The minimum atomic E-state index is -6.95. The molecule has 0 amide bonds. The lowest BCUT2D eigenvalue weighted by atomic mass is 9.90. The molecule has 0 saturated carbocycles. The Kier molecular flexibility index (Phi) is 8.06. The van der Waals surface area contributed by atoms with Crippen molar-refractivity contribution < 1.29 is 43.9 Å². The van der Waals surface area contributed by atoms with Crippen molar-refractivity contribution in [2.24, 2.45) is 5.73 Å². The molecule has 0 aromatic heterocycles. The summed E-state index contributed by atoms with van der Waals surface area (Å²) in [7, 11) is 0. The highest BCUT2D eigenvalue weighted by Crippen LogP contribution is 2.58. The third-order valence-corrected chi connectivity index (χ3v) is 3.75. The van der Waals surface area contributed by atoms with Crippen molar-refractivity contribution in [1.29, 1.82) is 0 Å². The largest absolute Gasteiger partial charge is 0.384 e. The fraction of sp³-hybridized carbons (Fsp3) is 1.00. The fourth-order valence-corrected chi connectivity index (χ4v) is 2.07. The van der Waals surface area contributed by atoms with Gasteiger partial charge in [0.15, 0.2) is 0 Å². The zero-order valence-electron chi connectivity index (χ0n) is 13.5. The molecule has 11 heteroatoms. The molecular formula is C14H21F10N. The average Bonchev–Trinajstić information content (AvgIpc) is 2.48. The normalized spacial score (nSPS) is 14.9. The highest BCUT2D eigenvalue weighted by atomic mass is 19.4. The van der Waals surface area contributed by atoms with Crippen LogP contribution in [0.3, 0.4) is 0 Å². The van der Waals surface area contributed by atoms with Crippen molar-refractivity contribution in [3.05, 3.63) is 0 Å². The number of alkyl halides is 10. The average molecular weight is 393 g/mol. The van der Waals surface area contributed by atoms with Crippen LogP contribution in [0.4, 0.5) is 43.9 Å². The van der Waals surface area contributed by atoms with E-state index in [0.29, 0.717) is 12.8 Å². The van der Waals surface area contributed by atoms with E-state index in [1.807, 2.05) is 0 Å². The van der Waals surface area contributed by atoms with Gasteiger partial charge in [-0.15, -0.1) is 0 Å². The van der Waals surface area contributed by atoms with Crippen molar-refractivity contribution >= 4 is 0 Å². The molecule has 152 valence electrons. The van der Waals surface area contributed by atoms with Gasteiger partial charge in [0.2, 0.25) is 0 Å². The number of halogens is 10. The molecule has 0 aromatic rings. The first-order chi connectivity index (χ1) is 11.1. The number of hydrogen-bond acceptors (Lipinski definition) is 1. The van der Waals surface area contributed by atoms with E-state index in [0.717, 1.165) is 0 Å².